The van der Waals surface area contributed by atoms with Gasteiger partial charge in [0.15, 0.2) is 5.13 Å². The molecule has 2 aliphatic heterocycles. The zero-order valence-corrected chi connectivity index (χ0v) is 11.6. The van der Waals surface area contributed by atoms with E-state index in [4.69, 9.17) is 15.5 Å². The molecule has 2 saturated heterocycles. The number of hydrogen-bond acceptors (Lipinski definition) is 5. The number of piperidine rings is 1. The molecule has 0 saturated carbocycles. The van der Waals surface area contributed by atoms with Crippen LogP contribution in [0.25, 0.3) is 10.2 Å². The molecule has 3 heterocycles. The van der Waals surface area contributed by atoms with Gasteiger partial charge in [0.1, 0.15) is 0 Å². The summed E-state index contributed by atoms with van der Waals surface area (Å²) in [5, 5.41) is 1.13. The number of benzene rings is 1. The topological polar surface area (TPSA) is 51.4 Å². The van der Waals surface area contributed by atoms with E-state index in [1.165, 1.54) is 17.5 Å². The van der Waals surface area contributed by atoms with Crippen molar-refractivity contribution in [3.63, 3.8) is 0 Å². The van der Waals surface area contributed by atoms with Crippen LogP contribution in [-0.4, -0.2) is 31.3 Å². The lowest BCUT2D eigenvalue weighted by Gasteiger charge is -2.48. The van der Waals surface area contributed by atoms with Crippen molar-refractivity contribution in [1.29, 1.82) is 0 Å². The van der Waals surface area contributed by atoms with Crippen LogP contribution >= 0.6 is 11.3 Å². The Morgan fingerprint density at radius 1 is 1.37 bits per heavy atom. The van der Waals surface area contributed by atoms with Gasteiger partial charge in [-0.05, 0) is 31.0 Å². The summed E-state index contributed by atoms with van der Waals surface area (Å²) in [4.78, 5) is 7.17. The van der Waals surface area contributed by atoms with E-state index in [0.717, 1.165) is 42.6 Å². The molecule has 0 radical (unpaired) electrons. The van der Waals surface area contributed by atoms with Crippen molar-refractivity contribution in [2.45, 2.75) is 12.8 Å². The normalized spacial score (nSPS) is 21.8. The van der Waals surface area contributed by atoms with Crippen LogP contribution in [-0.2, 0) is 4.74 Å². The lowest BCUT2D eigenvalue weighted by molar-refractivity contribution is -0.117. The van der Waals surface area contributed by atoms with Crippen LogP contribution in [0, 0.1) is 5.41 Å². The number of thiazole rings is 1. The average Bonchev–Trinajstić information content (AvgIpc) is 2.80. The van der Waals surface area contributed by atoms with Gasteiger partial charge in [0.05, 0.1) is 23.4 Å². The highest BCUT2D eigenvalue weighted by molar-refractivity contribution is 7.22. The maximum atomic E-state index is 5.82. The Hall–Kier alpha value is -1.33. The van der Waals surface area contributed by atoms with Crippen molar-refractivity contribution in [2.75, 3.05) is 36.9 Å². The minimum atomic E-state index is 0.398. The van der Waals surface area contributed by atoms with Gasteiger partial charge in [0.25, 0.3) is 0 Å². The third-order valence-corrected chi connectivity index (χ3v) is 5.25. The van der Waals surface area contributed by atoms with Crippen molar-refractivity contribution in [3.8, 4) is 0 Å². The first-order chi connectivity index (χ1) is 9.24. The molecule has 2 aromatic rings. The Bertz CT molecular complexity index is 620. The number of nitrogens with zero attached hydrogens (tertiary/aromatic N) is 2. The van der Waals surface area contributed by atoms with Crippen LogP contribution in [0.15, 0.2) is 18.2 Å². The quantitative estimate of drug-likeness (QED) is 0.812. The van der Waals surface area contributed by atoms with Gasteiger partial charge in [-0.25, -0.2) is 4.98 Å². The van der Waals surface area contributed by atoms with E-state index >= 15 is 0 Å². The van der Waals surface area contributed by atoms with Crippen LogP contribution < -0.4 is 10.6 Å². The fourth-order valence-electron chi connectivity index (χ4n) is 3.07. The van der Waals surface area contributed by atoms with E-state index in [9.17, 15) is 0 Å². The van der Waals surface area contributed by atoms with Gasteiger partial charge < -0.3 is 15.4 Å². The third kappa shape index (κ3) is 1.88. The molecule has 5 heteroatoms. The second kappa shape index (κ2) is 4.08. The molecule has 0 atom stereocenters. The molecular formula is C14H17N3OS. The molecule has 1 aromatic heterocycles. The van der Waals surface area contributed by atoms with Crippen LogP contribution in [0.4, 0.5) is 10.8 Å². The SMILES string of the molecule is Nc1ccc2sc(N3CCCC4(COC4)C3)nc2c1. The largest absolute Gasteiger partial charge is 0.399 e. The number of hydrogen-bond donors (Lipinski definition) is 1. The fraction of sp³-hybridized carbons (Fsp3) is 0.500. The Balaban J connectivity index is 1.66. The monoisotopic (exact) mass is 275 g/mol. The van der Waals surface area contributed by atoms with Gasteiger partial charge in [-0.15, -0.1) is 0 Å². The van der Waals surface area contributed by atoms with Gasteiger partial charge in [-0.1, -0.05) is 11.3 Å². The lowest BCUT2D eigenvalue weighted by Crippen LogP contribution is -2.54. The van der Waals surface area contributed by atoms with Crippen molar-refractivity contribution < 1.29 is 4.74 Å². The highest BCUT2D eigenvalue weighted by atomic mass is 32.1. The number of rotatable bonds is 1. The van der Waals surface area contributed by atoms with E-state index in [-0.39, 0.29) is 0 Å². The molecule has 2 aliphatic rings. The first kappa shape index (κ1) is 11.5. The van der Waals surface area contributed by atoms with E-state index in [1.807, 2.05) is 12.1 Å². The highest BCUT2D eigenvalue weighted by Gasteiger charge is 2.42. The zero-order chi connectivity index (χ0) is 12.9. The number of anilines is 2. The highest BCUT2D eigenvalue weighted by Crippen LogP contribution is 2.40. The zero-order valence-electron chi connectivity index (χ0n) is 10.8. The third-order valence-electron chi connectivity index (χ3n) is 4.15. The molecule has 100 valence electrons. The van der Waals surface area contributed by atoms with Crippen molar-refractivity contribution in [2.24, 2.45) is 5.41 Å². The summed E-state index contributed by atoms with van der Waals surface area (Å²) < 4.78 is 6.63. The van der Waals surface area contributed by atoms with Crippen LogP contribution in [0.1, 0.15) is 12.8 Å². The summed E-state index contributed by atoms with van der Waals surface area (Å²) in [6, 6.07) is 5.97. The van der Waals surface area contributed by atoms with Gasteiger partial charge in [0.2, 0.25) is 0 Å². The van der Waals surface area contributed by atoms with E-state index in [1.54, 1.807) is 11.3 Å². The van der Waals surface area contributed by atoms with Crippen molar-refractivity contribution in [3.05, 3.63) is 18.2 Å². The summed E-state index contributed by atoms with van der Waals surface area (Å²) in [6.45, 7) is 4.03. The average molecular weight is 275 g/mol. The molecule has 2 N–H and O–H groups in total. The Labute approximate surface area is 116 Å². The maximum Gasteiger partial charge on any atom is 0.186 e. The maximum absolute atomic E-state index is 5.82. The first-order valence-corrected chi connectivity index (χ1v) is 7.55. The van der Waals surface area contributed by atoms with Crippen molar-refractivity contribution >= 4 is 32.4 Å². The molecule has 2 fully saturated rings. The molecule has 1 spiro atoms. The number of aromatic nitrogens is 1. The minimum Gasteiger partial charge on any atom is -0.399 e. The summed E-state index contributed by atoms with van der Waals surface area (Å²) in [6.07, 6.45) is 2.53. The van der Waals surface area contributed by atoms with Gasteiger partial charge >= 0.3 is 0 Å². The second-order valence-electron chi connectivity index (χ2n) is 5.74. The summed E-state index contributed by atoms with van der Waals surface area (Å²) in [5.74, 6) is 0. The molecule has 0 amide bonds. The smallest absolute Gasteiger partial charge is 0.186 e. The molecule has 0 unspecified atom stereocenters. The molecule has 0 bridgehead atoms. The number of fused-ring (bicyclic) bond motifs is 1. The van der Waals surface area contributed by atoms with Crippen molar-refractivity contribution in [1.82, 2.24) is 4.98 Å². The minimum absolute atomic E-state index is 0.398. The predicted octanol–water partition coefficient (Wildman–Crippen LogP) is 2.50. The van der Waals surface area contributed by atoms with Gasteiger partial charge in [0, 0.05) is 24.2 Å². The fourth-order valence-corrected chi connectivity index (χ4v) is 4.04. The number of nitrogens with two attached hydrogens (primary N) is 1. The molecule has 0 aliphatic carbocycles. The Morgan fingerprint density at radius 2 is 2.26 bits per heavy atom. The molecule has 4 nitrogen and oxygen atoms in total. The second-order valence-corrected chi connectivity index (χ2v) is 6.75. The standard InChI is InChI=1S/C14H17N3OS/c15-10-2-3-12-11(6-10)16-13(19-12)17-5-1-4-14(7-17)8-18-9-14/h2-3,6H,1,4-5,7-9,15H2. The van der Waals surface area contributed by atoms with E-state index in [2.05, 4.69) is 11.0 Å². The van der Waals surface area contributed by atoms with Gasteiger partial charge in [-0.3, -0.25) is 0 Å². The Morgan fingerprint density at radius 3 is 3.05 bits per heavy atom. The Kier molecular flexibility index (Phi) is 2.47. The molecule has 4 rings (SSSR count). The number of nitrogen functional groups attached to an aromatic ring is 1. The summed E-state index contributed by atoms with van der Waals surface area (Å²) in [5.41, 5.74) is 8.02. The number of ether oxygens (including phenoxy) is 1. The van der Waals surface area contributed by atoms with Gasteiger partial charge in [-0.2, -0.15) is 0 Å². The molecular weight excluding hydrogens is 258 g/mol. The first-order valence-electron chi connectivity index (χ1n) is 6.73. The molecule has 19 heavy (non-hydrogen) atoms. The molecule has 1 aromatic carbocycles. The summed E-state index contributed by atoms with van der Waals surface area (Å²) >= 11 is 1.77. The predicted molar refractivity (Wildman–Crippen MR) is 78.7 cm³/mol. The van der Waals surface area contributed by atoms with E-state index in [0.29, 0.717) is 5.41 Å². The lowest BCUT2D eigenvalue weighted by atomic mass is 9.78. The van der Waals surface area contributed by atoms with E-state index < -0.39 is 0 Å². The van der Waals surface area contributed by atoms with Crippen LogP contribution in [0.2, 0.25) is 0 Å². The van der Waals surface area contributed by atoms with Crippen LogP contribution in [0.5, 0.6) is 0 Å². The summed E-state index contributed by atoms with van der Waals surface area (Å²) in [7, 11) is 0. The van der Waals surface area contributed by atoms with Crippen LogP contribution in [0.3, 0.4) is 0 Å².